The van der Waals surface area contributed by atoms with E-state index in [9.17, 15) is 4.79 Å². The number of unbranched alkanes of at least 4 members (excludes halogenated alkanes) is 2. The van der Waals surface area contributed by atoms with E-state index in [1.165, 1.54) is 55.2 Å². The second-order valence-corrected chi connectivity index (χ2v) is 10.1. The van der Waals surface area contributed by atoms with Gasteiger partial charge in [0.15, 0.2) is 5.78 Å². The van der Waals surface area contributed by atoms with Crippen LogP contribution in [0.25, 0.3) is 22.9 Å². The third kappa shape index (κ3) is 29.7. The number of hydrogen-bond donors (Lipinski definition) is 0. The highest BCUT2D eigenvalue weighted by molar-refractivity contribution is 5.98. The highest BCUT2D eigenvalue weighted by atomic mass is 16.1. The van der Waals surface area contributed by atoms with E-state index in [2.05, 4.69) is 95.1 Å². The number of Topliss-reactive ketones (excluding diaryl/α,β-unsaturated/α-hetero) is 1. The van der Waals surface area contributed by atoms with Crippen molar-refractivity contribution in [2.75, 3.05) is 13.1 Å². The SMILES string of the molecule is C=C(C)C/C(=C\c1ccc(-c2ccc(C(=C)N3CCCC3)cc2)cc1C)C(C)=O.CC.CC.CC.CC.CC.CC.CCCC.CCCC. The van der Waals surface area contributed by atoms with Crippen LogP contribution in [0.3, 0.4) is 0 Å². The lowest BCUT2D eigenvalue weighted by Gasteiger charge is -2.20. The average molecular weight is 682 g/mol. The lowest BCUT2D eigenvalue weighted by atomic mass is 9.95. The van der Waals surface area contributed by atoms with E-state index in [0.717, 1.165) is 41.1 Å². The van der Waals surface area contributed by atoms with Gasteiger partial charge in [0.1, 0.15) is 0 Å². The Morgan fingerprint density at radius 3 is 1.37 bits per heavy atom. The maximum absolute atomic E-state index is 11.9. The molecule has 49 heavy (non-hydrogen) atoms. The predicted molar refractivity (Wildman–Crippen MR) is 234 cm³/mol. The van der Waals surface area contributed by atoms with Gasteiger partial charge in [-0.25, -0.2) is 0 Å². The third-order valence-electron chi connectivity index (χ3n) is 6.58. The summed E-state index contributed by atoms with van der Waals surface area (Å²) >= 11 is 0. The van der Waals surface area contributed by atoms with Crippen molar-refractivity contribution in [1.29, 1.82) is 0 Å². The van der Waals surface area contributed by atoms with Gasteiger partial charge in [0.05, 0.1) is 0 Å². The fourth-order valence-corrected chi connectivity index (χ4v) is 3.83. The molecule has 0 aromatic heterocycles. The Morgan fingerprint density at radius 1 is 0.653 bits per heavy atom. The molecule has 3 rings (SSSR count). The Bertz CT molecular complexity index is 1010. The average Bonchev–Trinajstić information content (AvgIpc) is 3.72. The first kappa shape index (κ1) is 58.3. The number of rotatable bonds is 9. The quantitative estimate of drug-likeness (QED) is 0.194. The number of carbonyl (C=O) groups is 1. The number of allylic oxidation sites excluding steroid dienone is 2. The fourth-order valence-electron chi connectivity index (χ4n) is 3.83. The molecule has 1 saturated heterocycles. The largest absolute Gasteiger partial charge is 0.372 e. The molecule has 286 valence electrons. The standard InChI is InChI=1S/C27H31NO.2C4H10.6C2H6/c1-19(2)16-27(22(5)29)18-25-12-13-26(17-20(25)3)24-10-8-23(9-11-24)21(4)28-14-6-7-15-28;2*1-3-4-2;6*1-2/h8-13,17-18H,1,4,6-7,14-16H2,2-3,5H3;2*3-4H2,1-2H3;6*1-2H3/b27-18+;;;;;;;;. The summed E-state index contributed by atoms with van der Waals surface area (Å²) in [7, 11) is 0. The van der Waals surface area contributed by atoms with Gasteiger partial charge in [-0.15, -0.1) is 0 Å². The molecule has 1 heterocycles. The normalized spacial score (nSPS) is 10.3. The van der Waals surface area contributed by atoms with Crippen LogP contribution in [-0.4, -0.2) is 23.8 Å². The number of nitrogens with zero attached hydrogens (tertiary/aromatic N) is 1. The van der Waals surface area contributed by atoms with E-state index in [1.807, 2.05) is 96.1 Å². The van der Waals surface area contributed by atoms with Gasteiger partial charge in [-0.3, -0.25) is 4.79 Å². The minimum Gasteiger partial charge on any atom is -0.372 e. The van der Waals surface area contributed by atoms with Gasteiger partial charge in [0.2, 0.25) is 0 Å². The van der Waals surface area contributed by atoms with Crippen molar-refractivity contribution in [3.05, 3.63) is 83.5 Å². The molecule has 0 N–H and O–H groups in total. The van der Waals surface area contributed by atoms with E-state index < -0.39 is 0 Å². The summed E-state index contributed by atoms with van der Waals surface area (Å²) in [5, 5.41) is 0. The van der Waals surface area contributed by atoms with E-state index >= 15 is 0 Å². The van der Waals surface area contributed by atoms with Crippen LogP contribution in [0, 0.1) is 6.92 Å². The molecule has 2 nitrogen and oxygen atoms in total. The predicted octanol–water partition coefficient (Wildman–Crippen LogP) is 16.4. The molecular formula is C47H87NO. The molecule has 2 heteroatoms. The summed E-state index contributed by atoms with van der Waals surface area (Å²) in [6.45, 7) is 48.8. The first-order valence-electron chi connectivity index (χ1n) is 20.2. The number of hydrogen-bond acceptors (Lipinski definition) is 2. The van der Waals surface area contributed by atoms with Crippen molar-refractivity contribution in [2.24, 2.45) is 0 Å². The van der Waals surface area contributed by atoms with Crippen LogP contribution in [0.4, 0.5) is 0 Å². The smallest absolute Gasteiger partial charge is 0.156 e. The molecule has 2 aromatic rings. The summed E-state index contributed by atoms with van der Waals surface area (Å²) < 4.78 is 0. The molecule has 0 aliphatic carbocycles. The Morgan fingerprint density at radius 2 is 1.04 bits per heavy atom. The maximum Gasteiger partial charge on any atom is 0.156 e. The number of ketones is 1. The molecule has 2 aromatic carbocycles. The zero-order chi connectivity index (χ0) is 39.8. The van der Waals surface area contributed by atoms with Crippen LogP contribution in [0.5, 0.6) is 0 Å². The third-order valence-corrected chi connectivity index (χ3v) is 6.58. The van der Waals surface area contributed by atoms with Crippen LogP contribution in [0.1, 0.15) is 186 Å². The maximum atomic E-state index is 11.9. The number of benzene rings is 2. The molecule has 0 spiro atoms. The van der Waals surface area contributed by atoms with E-state index in [4.69, 9.17) is 0 Å². The highest BCUT2D eigenvalue weighted by Gasteiger charge is 2.14. The van der Waals surface area contributed by atoms with Crippen molar-refractivity contribution < 1.29 is 4.79 Å². The number of likely N-dealkylation sites (tertiary alicyclic amines) is 1. The van der Waals surface area contributed by atoms with Crippen molar-refractivity contribution in [3.8, 4) is 11.1 Å². The lowest BCUT2D eigenvalue weighted by molar-refractivity contribution is -0.113. The minimum atomic E-state index is 0.102. The van der Waals surface area contributed by atoms with Crippen molar-refractivity contribution >= 4 is 17.6 Å². The van der Waals surface area contributed by atoms with Gasteiger partial charge in [0.25, 0.3) is 0 Å². The summed E-state index contributed by atoms with van der Waals surface area (Å²) in [6.07, 6.45) is 10.4. The Hall–Kier alpha value is -2.87. The minimum absolute atomic E-state index is 0.102. The van der Waals surface area contributed by atoms with Gasteiger partial charge in [-0.2, -0.15) is 0 Å². The van der Waals surface area contributed by atoms with Crippen molar-refractivity contribution in [1.82, 2.24) is 4.90 Å². The number of aryl methyl sites for hydroxylation is 1. The molecule has 1 aliphatic rings. The van der Waals surface area contributed by atoms with Gasteiger partial charge in [0, 0.05) is 18.8 Å². The van der Waals surface area contributed by atoms with Gasteiger partial charge < -0.3 is 4.90 Å². The molecule has 0 unspecified atom stereocenters. The van der Waals surface area contributed by atoms with Crippen LogP contribution < -0.4 is 0 Å². The Labute approximate surface area is 310 Å². The lowest BCUT2D eigenvalue weighted by Crippen LogP contribution is -2.16. The van der Waals surface area contributed by atoms with E-state index in [1.54, 1.807) is 6.92 Å². The zero-order valence-electron chi connectivity index (χ0n) is 36.8. The van der Waals surface area contributed by atoms with Gasteiger partial charge in [-0.1, -0.05) is 198 Å². The molecule has 0 atom stereocenters. The van der Waals surface area contributed by atoms with Gasteiger partial charge in [-0.05, 0) is 79.5 Å². The topological polar surface area (TPSA) is 20.3 Å². The Kier molecular flexibility index (Phi) is 53.7. The molecule has 0 amide bonds. The van der Waals surface area contributed by atoms with Crippen LogP contribution in [0.2, 0.25) is 0 Å². The summed E-state index contributed by atoms with van der Waals surface area (Å²) in [5.74, 6) is 0.102. The zero-order valence-corrected chi connectivity index (χ0v) is 36.8. The van der Waals surface area contributed by atoms with E-state index in [0.29, 0.717) is 6.42 Å². The van der Waals surface area contributed by atoms with Crippen LogP contribution in [0.15, 0.2) is 66.8 Å². The van der Waals surface area contributed by atoms with Crippen LogP contribution >= 0.6 is 0 Å². The molecule has 0 radical (unpaired) electrons. The van der Waals surface area contributed by atoms with Crippen LogP contribution in [-0.2, 0) is 4.79 Å². The van der Waals surface area contributed by atoms with Crippen molar-refractivity contribution in [3.63, 3.8) is 0 Å². The molecule has 0 saturated carbocycles. The first-order valence-corrected chi connectivity index (χ1v) is 20.2. The molecule has 1 aliphatic heterocycles. The molecular weight excluding hydrogens is 595 g/mol. The van der Waals surface area contributed by atoms with Crippen molar-refractivity contribution in [2.45, 2.75) is 176 Å². The molecule has 0 bridgehead atoms. The van der Waals surface area contributed by atoms with E-state index in [-0.39, 0.29) is 5.78 Å². The monoisotopic (exact) mass is 682 g/mol. The second-order valence-electron chi connectivity index (χ2n) is 10.1. The number of carbonyl (C=O) groups excluding carboxylic acids is 1. The molecule has 1 fully saturated rings. The fraction of sp³-hybridized carbons (Fsp3) is 0.596. The second kappa shape index (κ2) is 45.1. The summed E-state index contributed by atoms with van der Waals surface area (Å²) in [4.78, 5) is 14.3. The highest BCUT2D eigenvalue weighted by Crippen LogP contribution is 2.28. The van der Waals surface area contributed by atoms with Gasteiger partial charge >= 0.3 is 0 Å². The first-order chi connectivity index (χ1) is 23.7. The Balaban J connectivity index is -0.000000195. The summed E-state index contributed by atoms with van der Waals surface area (Å²) in [6, 6.07) is 15.1. The summed E-state index contributed by atoms with van der Waals surface area (Å²) in [5.41, 5.74) is 8.73.